The van der Waals surface area contributed by atoms with E-state index in [1.807, 2.05) is 6.92 Å². The van der Waals surface area contributed by atoms with Crippen LogP contribution in [-0.2, 0) is 4.79 Å². The van der Waals surface area contributed by atoms with Crippen LogP contribution >= 0.6 is 11.6 Å². The minimum atomic E-state index is -0.226. The summed E-state index contributed by atoms with van der Waals surface area (Å²) in [4.78, 5) is 11.9. The Bertz CT molecular complexity index is 626. The minimum absolute atomic E-state index is 0.0611. The van der Waals surface area contributed by atoms with Gasteiger partial charge in [-0.05, 0) is 55.0 Å². The van der Waals surface area contributed by atoms with E-state index in [0.29, 0.717) is 10.8 Å². The van der Waals surface area contributed by atoms with E-state index in [9.17, 15) is 4.79 Å². The lowest BCUT2D eigenvalue weighted by molar-refractivity contribution is -0.118. The van der Waals surface area contributed by atoms with Gasteiger partial charge in [-0.2, -0.15) is 0 Å². The van der Waals surface area contributed by atoms with Crippen molar-refractivity contribution in [2.45, 2.75) is 6.92 Å². The number of rotatable bonds is 5. The quantitative estimate of drug-likeness (QED) is 0.916. The number of amides is 1. The first-order chi connectivity index (χ1) is 10.1. The fourth-order valence-corrected chi connectivity index (χ4v) is 2.00. The molecule has 0 aliphatic rings. The molecule has 5 heteroatoms. The summed E-state index contributed by atoms with van der Waals surface area (Å²) in [5, 5.41) is 3.42. The Hall–Kier alpha value is -2.20. The summed E-state index contributed by atoms with van der Waals surface area (Å²) >= 11 is 5.87. The molecule has 4 nitrogen and oxygen atoms in total. The predicted octanol–water partition coefficient (Wildman–Crippen LogP) is 3.67. The molecule has 0 bridgehead atoms. The highest BCUT2D eigenvalue weighted by atomic mass is 35.5. The van der Waals surface area contributed by atoms with E-state index < -0.39 is 0 Å². The first-order valence-electron chi connectivity index (χ1n) is 6.41. The second kappa shape index (κ2) is 6.99. The third-order valence-corrected chi connectivity index (χ3v) is 3.13. The number of hydrogen-bond donors (Lipinski definition) is 1. The second-order valence-electron chi connectivity index (χ2n) is 4.47. The molecule has 1 N–H and O–H groups in total. The smallest absolute Gasteiger partial charge is 0.262 e. The number of benzene rings is 2. The summed E-state index contributed by atoms with van der Waals surface area (Å²) in [6.45, 7) is 1.82. The van der Waals surface area contributed by atoms with Gasteiger partial charge in [0.15, 0.2) is 6.61 Å². The van der Waals surface area contributed by atoms with Gasteiger partial charge in [-0.1, -0.05) is 11.6 Å². The van der Waals surface area contributed by atoms with Crippen LogP contribution in [0.3, 0.4) is 0 Å². The molecule has 0 aliphatic carbocycles. The first kappa shape index (κ1) is 15.2. The van der Waals surface area contributed by atoms with Crippen molar-refractivity contribution in [2.24, 2.45) is 0 Å². The van der Waals surface area contributed by atoms with Gasteiger partial charge in [0.25, 0.3) is 5.91 Å². The molecule has 2 aromatic rings. The summed E-state index contributed by atoms with van der Waals surface area (Å²) < 4.78 is 10.5. The molecule has 0 spiro atoms. The number of carbonyl (C=O) groups excluding carboxylic acids is 1. The Morgan fingerprint density at radius 3 is 2.43 bits per heavy atom. The van der Waals surface area contributed by atoms with Crippen LogP contribution in [0.5, 0.6) is 11.5 Å². The lowest BCUT2D eigenvalue weighted by Gasteiger charge is -2.10. The molecule has 0 fully saturated rings. The molecule has 0 aliphatic heterocycles. The summed E-state index contributed by atoms with van der Waals surface area (Å²) in [5.41, 5.74) is 1.63. The van der Waals surface area contributed by atoms with Crippen LogP contribution < -0.4 is 14.8 Å². The zero-order chi connectivity index (χ0) is 15.2. The highest BCUT2D eigenvalue weighted by molar-refractivity contribution is 6.30. The number of halogens is 1. The van der Waals surface area contributed by atoms with Crippen molar-refractivity contribution in [3.63, 3.8) is 0 Å². The van der Waals surface area contributed by atoms with Gasteiger partial charge in [0.2, 0.25) is 0 Å². The molecule has 0 unspecified atom stereocenters. The topological polar surface area (TPSA) is 47.6 Å². The zero-order valence-corrected chi connectivity index (χ0v) is 12.6. The molecule has 0 radical (unpaired) electrons. The molecular weight excluding hydrogens is 290 g/mol. The van der Waals surface area contributed by atoms with Crippen LogP contribution in [0.15, 0.2) is 42.5 Å². The molecule has 110 valence electrons. The molecule has 0 saturated heterocycles. The summed E-state index contributed by atoms with van der Waals surface area (Å²) in [5.74, 6) is 1.12. The zero-order valence-electron chi connectivity index (χ0n) is 11.9. The van der Waals surface area contributed by atoms with Crippen molar-refractivity contribution in [3.8, 4) is 11.5 Å². The Morgan fingerprint density at radius 1 is 1.14 bits per heavy atom. The first-order valence-corrected chi connectivity index (χ1v) is 6.79. The van der Waals surface area contributed by atoms with Gasteiger partial charge in [-0.3, -0.25) is 4.79 Å². The maximum absolute atomic E-state index is 11.9. The van der Waals surface area contributed by atoms with Gasteiger partial charge in [-0.15, -0.1) is 0 Å². The predicted molar refractivity (Wildman–Crippen MR) is 83.3 cm³/mol. The Morgan fingerprint density at radius 2 is 1.81 bits per heavy atom. The lowest BCUT2D eigenvalue weighted by Crippen LogP contribution is -2.20. The largest absolute Gasteiger partial charge is 0.497 e. The Kier molecular flexibility index (Phi) is 5.06. The van der Waals surface area contributed by atoms with Gasteiger partial charge < -0.3 is 14.8 Å². The van der Waals surface area contributed by atoms with Gasteiger partial charge >= 0.3 is 0 Å². The van der Waals surface area contributed by atoms with E-state index in [1.165, 1.54) is 0 Å². The summed E-state index contributed by atoms with van der Waals surface area (Å²) in [6.07, 6.45) is 0. The second-order valence-corrected chi connectivity index (χ2v) is 4.91. The molecule has 1 amide bonds. The fraction of sp³-hybridized carbons (Fsp3) is 0.188. The number of anilines is 1. The normalized spacial score (nSPS) is 10.0. The van der Waals surface area contributed by atoms with E-state index in [4.69, 9.17) is 21.1 Å². The van der Waals surface area contributed by atoms with E-state index >= 15 is 0 Å². The maximum atomic E-state index is 11.9. The van der Waals surface area contributed by atoms with Crippen molar-refractivity contribution >= 4 is 23.2 Å². The van der Waals surface area contributed by atoms with Gasteiger partial charge in [0.05, 0.1) is 7.11 Å². The average molecular weight is 306 g/mol. The molecule has 0 aromatic heterocycles. The van der Waals surface area contributed by atoms with Gasteiger partial charge in [0, 0.05) is 10.7 Å². The highest BCUT2D eigenvalue weighted by Gasteiger charge is 2.06. The van der Waals surface area contributed by atoms with Gasteiger partial charge in [0.1, 0.15) is 11.5 Å². The summed E-state index contributed by atoms with van der Waals surface area (Å²) in [6, 6.07) is 12.3. The van der Waals surface area contributed by atoms with Crippen molar-refractivity contribution < 1.29 is 14.3 Å². The number of nitrogens with one attached hydrogen (secondary N) is 1. The van der Waals surface area contributed by atoms with E-state index in [2.05, 4.69) is 5.32 Å². The van der Waals surface area contributed by atoms with Crippen molar-refractivity contribution in [1.82, 2.24) is 0 Å². The molecule has 0 saturated carbocycles. The monoisotopic (exact) mass is 305 g/mol. The van der Waals surface area contributed by atoms with E-state index in [0.717, 1.165) is 17.0 Å². The van der Waals surface area contributed by atoms with Crippen LogP contribution in [0, 0.1) is 6.92 Å². The molecule has 2 rings (SSSR count). The van der Waals surface area contributed by atoms with Crippen LogP contribution in [-0.4, -0.2) is 19.6 Å². The molecule has 0 atom stereocenters. The van der Waals surface area contributed by atoms with Crippen molar-refractivity contribution in [3.05, 3.63) is 53.1 Å². The SMILES string of the molecule is COc1ccc(OCC(=O)Nc2ccc(Cl)cc2C)cc1. The number of hydrogen-bond acceptors (Lipinski definition) is 3. The Balaban J connectivity index is 1.89. The fourth-order valence-electron chi connectivity index (χ4n) is 1.77. The highest BCUT2D eigenvalue weighted by Crippen LogP contribution is 2.20. The molecule has 0 heterocycles. The van der Waals surface area contributed by atoms with Crippen molar-refractivity contribution in [2.75, 3.05) is 19.0 Å². The lowest BCUT2D eigenvalue weighted by atomic mass is 10.2. The number of carbonyl (C=O) groups is 1. The van der Waals surface area contributed by atoms with Gasteiger partial charge in [-0.25, -0.2) is 0 Å². The molecular formula is C16H16ClNO3. The maximum Gasteiger partial charge on any atom is 0.262 e. The van der Waals surface area contributed by atoms with Crippen LogP contribution in [0.1, 0.15) is 5.56 Å². The van der Waals surface area contributed by atoms with E-state index in [-0.39, 0.29) is 12.5 Å². The van der Waals surface area contributed by atoms with Crippen LogP contribution in [0.2, 0.25) is 5.02 Å². The van der Waals surface area contributed by atoms with Crippen LogP contribution in [0.4, 0.5) is 5.69 Å². The number of methoxy groups -OCH3 is 1. The third-order valence-electron chi connectivity index (χ3n) is 2.89. The average Bonchev–Trinajstić information content (AvgIpc) is 2.48. The van der Waals surface area contributed by atoms with Crippen molar-refractivity contribution in [1.29, 1.82) is 0 Å². The van der Waals surface area contributed by atoms with E-state index in [1.54, 1.807) is 49.6 Å². The molecule has 2 aromatic carbocycles. The number of aryl methyl sites for hydroxylation is 1. The number of ether oxygens (including phenoxy) is 2. The molecule has 21 heavy (non-hydrogen) atoms. The third kappa shape index (κ3) is 4.39. The Labute approximate surface area is 128 Å². The minimum Gasteiger partial charge on any atom is -0.497 e. The summed E-state index contributed by atoms with van der Waals surface area (Å²) in [7, 11) is 1.59. The standard InChI is InChI=1S/C16H16ClNO3/c1-11-9-12(17)3-8-15(11)18-16(19)10-21-14-6-4-13(20-2)5-7-14/h3-9H,10H2,1-2H3,(H,18,19). The van der Waals surface area contributed by atoms with Crippen LogP contribution in [0.25, 0.3) is 0 Å².